The quantitative estimate of drug-likeness (QED) is 0.760. The van der Waals surface area contributed by atoms with E-state index in [0.717, 1.165) is 0 Å². The molecule has 0 aliphatic rings. The highest BCUT2D eigenvalue weighted by molar-refractivity contribution is 6.02. The third-order valence-corrected chi connectivity index (χ3v) is 3.28. The Morgan fingerprint density at radius 3 is 2.76 bits per heavy atom. The van der Waals surface area contributed by atoms with Crippen molar-refractivity contribution >= 4 is 17.5 Å². The fraction of sp³-hybridized carbons (Fsp3) is 0.294. The monoisotopic (exact) mass is 346 g/mol. The predicted molar refractivity (Wildman–Crippen MR) is 90.3 cm³/mol. The van der Waals surface area contributed by atoms with E-state index in [1.807, 2.05) is 0 Å². The van der Waals surface area contributed by atoms with E-state index in [1.54, 1.807) is 31.4 Å². The molecule has 7 nitrogen and oxygen atoms in total. The van der Waals surface area contributed by atoms with Crippen molar-refractivity contribution in [3.63, 3.8) is 0 Å². The van der Waals surface area contributed by atoms with Crippen molar-refractivity contribution in [1.82, 2.24) is 15.3 Å². The summed E-state index contributed by atoms with van der Waals surface area (Å²) in [4.78, 5) is 31.6. The molecule has 2 amide bonds. The number of pyridine rings is 2. The second-order valence-electron chi connectivity index (χ2n) is 5.08. The minimum atomic E-state index is -0.591. The van der Waals surface area contributed by atoms with Gasteiger partial charge in [0, 0.05) is 31.0 Å². The van der Waals surface area contributed by atoms with Gasteiger partial charge < -0.3 is 15.4 Å². The van der Waals surface area contributed by atoms with E-state index < -0.39 is 6.67 Å². The van der Waals surface area contributed by atoms with Gasteiger partial charge in [-0.15, -0.1) is 0 Å². The van der Waals surface area contributed by atoms with Crippen LogP contribution in [0.4, 0.5) is 10.1 Å². The topological polar surface area (TPSA) is 93.2 Å². The summed E-state index contributed by atoms with van der Waals surface area (Å²) in [6.07, 6.45) is 3.73. The lowest BCUT2D eigenvalue weighted by Crippen LogP contribution is -2.18. The Labute approximate surface area is 144 Å². The molecular weight excluding hydrogens is 327 g/mol. The van der Waals surface area contributed by atoms with Gasteiger partial charge in [0.05, 0.1) is 6.20 Å². The first kappa shape index (κ1) is 18.3. The van der Waals surface area contributed by atoms with Crippen molar-refractivity contribution in [2.24, 2.45) is 0 Å². The highest BCUT2D eigenvalue weighted by Crippen LogP contribution is 2.13. The van der Waals surface area contributed by atoms with Gasteiger partial charge in [0.2, 0.25) is 5.91 Å². The molecule has 0 aliphatic carbocycles. The number of hydrogen-bond acceptors (Lipinski definition) is 5. The number of carbonyl (C=O) groups is 2. The normalized spacial score (nSPS) is 10.2. The van der Waals surface area contributed by atoms with Gasteiger partial charge in [0.1, 0.15) is 24.7 Å². The summed E-state index contributed by atoms with van der Waals surface area (Å²) in [6.45, 7) is -0.643. The van der Waals surface area contributed by atoms with Gasteiger partial charge in [0.15, 0.2) is 0 Å². The molecule has 2 rings (SSSR count). The van der Waals surface area contributed by atoms with E-state index in [0.29, 0.717) is 30.0 Å². The maximum atomic E-state index is 12.2. The zero-order chi connectivity index (χ0) is 18.1. The highest BCUT2D eigenvalue weighted by Gasteiger charge is 2.09. The number of carbonyl (C=O) groups excluding carboxylic acids is 2. The molecule has 0 saturated heterocycles. The van der Waals surface area contributed by atoms with Gasteiger partial charge in [-0.2, -0.15) is 0 Å². The lowest BCUT2D eigenvalue weighted by atomic mass is 10.2. The molecule has 132 valence electrons. The van der Waals surface area contributed by atoms with Crippen molar-refractivity contribution in [3.05, 3.63) is 48.0 Å². The van der Waals surface area contributed by atoms with Gasteiger partial charge in [-0.25, -0.2) is 9.37 Å². The van der Waals surface area contributed by atoms with Gasteiger partial charge in [-0.3, -0.25) is 14.6 Å². The lowest BCUT2D eigenvalue weighted by molar-refractivity contribution is -0.120. The summed E-state index contributed by atoms with van der Waals surface area (Å²) in [5.74, 6) is -0.0643. The van der Waals surface area contributed by atoms with Crippen LogP contribution in [0.25, 0.3) is 0 Å². The number of ether oxygens (including phenoxy) is 1. The standard InChI is InChI=1S/C17H19FN4O3/c1-19-16(23)5-2-12-10-13(6-8-20-12)22-17(24)15-4-3-14(11-21-15)25-9-7-18/h3-4,6,8,10-11H,2,5,7,9H2,1H3,(H,19,23)(H,20,22,24). The molecule has 2 N–H and O–H groups in total. The molecule has 0 fully saturated rings. The maximum Gasteiger partial charge on any atom is 0.274 e. The molecule has 2 heterocycles. The molecule has 0 saturated carbocycles. The molecule has 2 aromatic rings. The third-order valence-electron chi connectivity index (χ3n) is 3.28. The van der Waals surface area contributed by atoms with Crippen LogP contribution in [0.3, 0.4) is 0 Å². The number of alkyl halides is 1. The molecule has 0 aromatic carbocycles. The van der Waals surface area contributed by atoms with Crippen LogP contribution in [0, 0.1) is 0 Å². The van der Waals surface area contributed by atoms with Gasteiger partial charge >= 0.3 is 0 Å². The summed E-state index contributed by atoms with van der Waals surface area (Å²) in [5.41, 5.74) is 1.46. The summed E-state index contributed by atoms with van der Waals surface area (Å²) in [7, 11) is 1.58. The first-order chi connectivity index (χ1) is 12.1. The molecule has 8 heteroatoms. The Hall–Kier alpha value is -3.03. The number of aryl methyl sites for hydroxylation is 1. The zero-order valence-electron chi connectivity index (χ0n) is 13.8. The summed E-state index contributed by atoms with van der Waals surface area (Å²) < 4.78 is 17.1. The fourth-order valence-corrected chi connectivity index (χ4v) is 2.01. The molecular formula is C17H19FN4O3. The van der Waals surface area contributed by atoms with E-state index in [1.165, 1.54) is 12.3 Å². The van der Waals surface area contributed by atoms with E-state index in [-0.39, 0.29) is 24.1 Å². The maximum absolute atomic E-state index is 12.2. The Balaban J connectivity index is 1.96. The number of nitrogens with one attached hydrogen (secondary N) is 2. The molecule has 0 radical (unpaired) electrons. The first-order valence-electron chi connectivity index (χ1n) is 7.74. The second kappa shape index (κ2) is 9.31. The van der Waals surface area contributed by atoms with Crippen LogP contribution < -0.4 is 15.4 Å². The zero-order valence-corrected chi connectivity index (χ0v) is 13.8. The number of rotatable bonds is 8. The average Bonchev–Trinajstić information content (AvgIpc) is 2.65. The van der Waals surface area contributed by atoms with Crippen LogP contribution in [0.2, 0.25) is 0 Å². The van der Waals surface area contributed by atoms with Crippen molar-refractivity contribution in [2.45, 2.75) is 12.8 Å². The largest absolute Gasteiger partial charge is 0.489 e. The number of hydrogen-bond donors (Lipinski definition) is 2. The van der Waals surface area contributed by atoms with Crippen LogP contribution in [-0.4, -0.2) is 42.1 Å². The second-order valence-corrected chi connectivity index (χ2v) is 5.08. The van der Waals surface area contributed by atoms with E-state index >= 15 is 0 Å². The van der Waals surface area contributed by atoms with Gasteiger partial charge in [0.25, 0.3) is 5.91 Å². The van der Waals surface area contributed by atoms with Crippen molar-refractivity contribution < 1.29 is 18.7 Å². The van der Waals surface area contributed by atoms with Crippen molar-refractivity contribution in [3.8, 4) is 5.75 Å². The van der Waals surface area contributed by atoms with E-state index in [9.17, 15) is 14.0 Å². The Morgan fingerprint density at radius 2 is 2.08 bits per heavy atom. The van der Waals surface area contributed by atoms with Crippen LogP contribution in [0.1, 0.15) is 22.6 Å². The number of nitrogens with zero attached hydrogens (tertiary/aromatic N) is 2. The first-order valence-corrected chi connectivity index (χ1v) is 7.74. The number of amides is 2. The molecule has 2 aromatic heterocycles. The minimum Gasteiger partial charge on any atom is -0.489 e. The number of aromatic nitrogens is 2. The van der Waals surface area contributed by atoms with Crippen molar-refractivity contribution in [2.75, 3.05) is 25.6 Å². The summed E-state index contributed by atoms with van der Waals surface area (Å²) in [5, 5.41) is 5.27. The molecule has 0 bridgehead atoms. The van der Waals surface area contributed by atoms with Gasteiger partial charge in [-0.1, -0.05) is 0 Å². The predicted octanol–water partition coefficient (Wildman–Crippen LogP) is 1.76. The van der Waals surface area contributed by atoms with Crippen LogP contribution in [0.15, 0.2) is 36.7 Å². The Morgan fingerprint density at radius 1 is 1.24 bits per heavy atom. The third kappa shape index (κ3) is 5.83. The molecule has 0 aliphatic heterocycles. The van der Waals surface area contributed by atoms with Crippen molar-refractivity contribution in [1.29, 1.82) is 0 Å². The number of halogens is 1. The lowest BCUT2D eigenvalue weighted by Gasteiger charge is -2.07. The molecule has 0 unspecified atom stereocenters. The molecule has 25 heavy (non-hydrogen) atoms. The van der Waals surface area contributed by atoms with Crippen LogP contribution >= 0.6 is 0 Å². The SMILES string of the molecule is CNC(=O)CCc1cc(NC(=O)c2ccc(OCCF)cn2)ccn1. The number of anilines is 1. The summed E-state index contributed by atoms with van der Waals surface area (Å²) in [6, 6.07) is 6.41. The molecule has 0 spiro atoms. The minimum absolute atomic E-state index is 0.0525. The van der Waals surface area contributed by atoms with Crippen LogP contribution in [0.5, 0.6) is 5.75 Å². The molecule has 0 atom stereocenters. The fourth-order valence-electron chi connectivity index (χ4n) is 2.01. The Bertz CT molecular complexity index is 722. The van der Waals surface area contributed by atoms with E-state index in [4.69, 9.17) is 4.74 Å². The summed E-state index contributed by atoms with van der Waals surface area (Å²) >= 11 is 0. The van der Waals surface area contributed by atoms with Gasteiger partial charge in [-0.05, 0) is 30.7 Å². The van der Waals surface area contributed by atoms with E-state index in [2.05, 4.69) is 20.6 Å². The Kier molecular flexibility index (Phi) is 6.82. The average molecular weight is 346 g/mol. The van der Waals surface area contributed by atoms with Crippen LogP contribution in [-0.2, 0) is 11.2 Å². The highest BCUT2D eigenvalue weighted by atomic mass is 19.1. The smallest absolute Gasteiger partial charge is 0.274 e.